The fourth-order valence-electron chi connectivity index (χ4n) is 2.44. The van der Waals surface area contributed by atoms with Gasteiger partial charge in [-0.1, -0.05) is 63.3 Å². The molecule has 1 aromatic carbocycles. The number of rotatable bonds is 13. The van der Waals surface area contributed by atoms with Crippen molar-refractivity contribution in [2.24, 2.45) is 0 Å². The molecule has 0 bridgehead atoms. The van der Waals surface area contributed by atoms with Crippen molar-refractivity contribution in [3.63, 3.8) is 0 Å². The van der Waals surface area contributed by atoms with Gasteiger partial charge >= 0.3 is 0 Å². The lowest BCUT2D eigenvalue weighted by molar-refractivity contribution is -0.0888. The predicted molar refractivity (Wildman–Crippen MR) is 119 cm³/mol. The lowest BCUT2D eigenvalue weighted by Crippen LogP contribution is -2.40. The van der Waals surface area contributed by atoms with Gasteiger partial charge in [0.05, 0.1) is 25.4 Å². The van der Waals surface area contributed by atoms with Gasteiger partial charge in [-0.15, -0.1) is 0 Å². The zero-order valence-electron chi connectivity index (χ0n) is 18.9. The summed E-state index contributed by atoms with van der Waals surface area (Å²) in [5, 5.41) is 0.233. The lowest BCUT2D eigenvalue weighted by Gasteiger charge is -2.35. The Morgan fingerprint density at radius 2 is 1.71 bits per heavy atom. The normalized spacial score (nSPS) is 15.1. The van der Waals surface area contributed by atoms with E-state index in [1.807, 2.05) is 18.2 Å². The Bertz CT molecular complexity index is 551. The summed E-state index contributed by atoms with van der Waals surface area (Å²) in [6.45, 7) is 15.0. The van der Waals surface area contributed by atoms with Crippen LogP contribution in [0.25, 0.3) is 0 Å². The van der Waals surface area contributed by atoms with Gasteiger partial charge in [0.25, 0.3) is 0 Å². The highest BCUT2D eigenvalue weighted by atomic mass is 28.4. The molecule has 0 saturated carbocycles. The molecule has 0 aromatic heterocycles. The summed E-state index contributed by atoms with van der Waals surface area (Å²) in [4.78, 5) is 0. The molecule has 0 aliphatic carbocycles. The van der Waals surface area contributed by atoms with Crippen LogP contribution in [0.2, 0.25) is 18.1 Å². The van der Waals surface area contributed by atoms with Crippen molar-refractivity contribution in [1.82, 2.24) is 0 Å². The topological polar surface area (TPSA) is 36.9 Å². The number of ether oxygens (including phenoxy) is 3. The van der Waals surface area contributed by atoms with Gasteiger partial charge < -0.3 is 18.6 Å². The Morgan fingerprint density at radius 3 is 2.32 bits per heavy atom. The molecule has 1 aromatic rings. The smallest absolute Gasteiger partial charge is 0.192 e. The van der Waals surface area contributed by atoms with E-state index in [0.29, 0.717) is 20.0 Å². The van der Waals surface area contributed by atoms with Crippen LogP contribution in [0.3, 0.4) is 0 Å². The van der Waals surface area contributed by atoms with Gasteiger partial charge in [-0.3, -0.25) is 0 Å². The van der Waals surface area contributed by atoms with E-state index < -0.39 is 8.32 Å². The number of methoxy groups -OCH3 is 1. The molecule has 0 radical (unpaired) electrons. The van der Waals surface area contributed by atoms with E-state index in [9.17, 15) is 0 Å². The first-order chi connectivity index (χ1) is 13.2. The van der Waals surface area contributed by atoms with E-state index in [0.717, 1.165) is 12.8 Å². The van der Waals surface area contributed by atoms with Gasteiger partial charge in [-0.2, -0.15) is 0 Å². The zero-order chi connectivity index (χ0) is 21.0. The summed E-state index contributed by atoms with van der Waals surface area (Å²) in [7, 11) is -0.0466. The summed E-state index contributed by atoms with van der Waals surface area (Å²) in [6.07, 6.45) is 6.08. The van der Waals surface area contributed by atoms with Gasteiger partial charge in [0.2, 0.25) is 0 Å². The summed E-state index contributed by atoms with van der Waals surface area (Å²) in [6, 6.07) is 10.2. The fourth-order valence-corrected chi connectivity index (χ4v) is 3.38. The van der Waals surface area contributed by atoms with Crippen molar-refractivity contribution >= 4 is 8.32 Å². The summed E-state index contributed by atoms with van der Waals surface area (Å²) < 4.78 is 23.1. The Kier molecular flexibility index (Phi) is 11.2. The lowest BCUT2D eigenvalue weighted by atomic mass is 10.1. The fraction of sp³-hybridized carbons (Fsp3) is 0.652. The average molecular weight is 409 g/mol. The quantitative estimate of drug-likeness (QED) is 0.230. The molecule has 2 atom stereocenters. The molecule has 0 spiro atoms. The van der Waals surface area contributed by atoms with Gasteiger partial charge in [0.15, 0.2) is 8.32 Å². The molecule has 28 heavy (non-hydrogen) atoms. The minimum Gasteiger partial charge on any atom is -0.413 e. The van der Waals surface area contributed by atoms with E-state index in [4.69, 9.17) is 18.6 Å². The van der Waals surface area contributed by atoms with Crippen molar-refractivity contribution in [2.75, 3.05) is 20.5 Å². The van der Waals surface area contributed by atoms with E-state index >= 15 is 0 Å². The summed E-state index contributed by atoms with van der Waals surface area (Å²) in [5.41, 5.74) is 1.19. The largest absolute Gasteiger partial charge is 0.413 e. The second kappa shape index (κ2) is 12.6. The molecule has 0 saturated heterocycles. The molecule has 0 heterocycles. The second-order valence-electron chi connectivity index (χ2n) is 8.82. The van der Waals surface area contributed by atoms with Crippen LogP contribution in [-0.4, -0.2) is 41.0 Å². The maximum absolute atomic E-state index is 6.19. The van der Waals surface area contributed by atoms with Crippen LogP contribution in [0, 0.1) is 0 Å². The zero-order valence-corrected chi connectivity index (χ0v) is 19.9. The minimum absolute atomic E-state index is 0.0647. The molecule has 5 heteroatoms. The van der Waals surface area contributed by atoms with Gasteiger partial charge in [0.1, 0.15) is 6.79 Å². The van der Waals surface area contributed by atoms with Crippen molar-refractivity contribution in [1.29, 1.82) is 0 Å². The molecule has 0 amide bonds. The molecule has 0 aliphatic rings. The first kappa shape index (κ1) is 25.1. The molecule has 4 nitrogen and oxygen atoms in total. The predicted octanol–water partition coefficient (Wildman–Crippen LogP) is 5.94. The Labute approximate surface area is 173 Å². The summed E-state index contributed by atoms with van der Waals surface area (Å²) in [5.74, 6) is 0. The molecular formula is C23H40O4Si. The number of hydrogen-bond donors (Lipinski definition) is 0. The Morgan fingerprint density at radius 1 is 1.04 bits per heavy atom. The van der Waals surface area contributed by atoms with Crippen LogP contribution in [0.15, 0.2) is 42.5 Å². The van der Waals surface area contributed by atoms with Crippen molar-refractivity contribution in [3.05, 3.63) is 48.0 Å². The molecule has 1 rings (SSSR count). The molecular weight excluding hydrogens is 368 g/mol. The highest BCUT2D eigenvalue weighted by molar-refractivity contribution is 6.74. The maximum atomic E-state index is 6.19. The molecule has 0 unspecified atom stereocenters. The SMILES string of the molecule is COCO[C@H](C/C=C/CO[Si](C)(C)C(C)(C)C)C[C@@H](C)OCc1ccccc1. The number of hydrogen-bond acceptors (Lipinski definition) is 4. The van der Waals surface area contributed by atoms with Crippen LogP contribution >= 0.6 is 0 Å². The van der Waals surface area contributed by atoms with Crippen LogP contribution in [0.4, 0.5) is 0 Å². The van der Waals surface area contributed by atoms with Crippen molar-refractivity contribution in [2.45, 2.75) is 77.5 Å². The number of benzene rings is 1. The molecule has 0 N–H and O–H groups in total. The Hall–Kier alpha value is -0.983. The maximum Gasteiger partial charge on any atom is 0.192 e. The first-order valence-corrected chi connectivity index (χ1v) is 13.1. The van der Waals surface area contributed by atoms with Crippen molar-refractivity contribution in [3.8, 4) is 0 Å². The minimum atomic E-state index is -1.69. The van der Waals surface area contributed by atoms with E-state index in [1.165, 1.54) is 5.56 Å². The summed E-state index contributed by atoms with van der Waals surface area (Å²) >= 11 is 0. The molecule has 0 fully saturated rings. The van der Waals surface area contributed by atoms with Gasteiger partial charge in [-0.25, -0.2) is 0 Å². The third-order valence-electron chi connectivity index (χ3n) is 5.31. The molecule has 160 valence electrons. The van der Waals surface area contributed by atoms with E-state index in [-0.39, 0.29) is 17.2 Å². The van der Waals surface area contributed by atoms with E-state index in [2.05, 4.69) is 65.1 Å². The monoisotopic (exact) mass is 408 g/mol. The van der Waals surface area contributed by atoms with Gasteiger partial charge in [0, 0.05) is 7.11 Å². The third kappa shape index (κ3) is 9.98. The third-order valence-corrected chi connectivity index (χ3v) is 9.81. The highest BCUT2D eigenvalue weighted by Gasteiger charge is 2.36. The van der Waals surface area contributed by atoms with Crippen LogP contribution in [0.5, 0.6) is 0 Å². The standard InChI is InChI=1S/C23H40O4Si/c1-20(25-18-21-13-9-8-10-14-21)17-22(26-19-24-5)15-11-12-16-27-28(6,7)23(2,3)4/h8-14,20,22H,15-19H2,1-7H3/b12-11+/t20-,22-/m1/s1. The second-order valence-corrected chi connectivity index (χ2v) is 13.6. The first-order valence-electron chi connectivity index (χ1n) is 10.2. The average Bonchev–Trinajstić information content (AvgIpc) is 2.63. The van der Waals surface area contributed by atoms with Crippen LogP contribution in [0.1, 0.15) is 46.1 Å². The highest BCUT2D eigenvalue weighted by Crippen LogP contribution is 2.36. The Balaban J connectivity index is 2.42. The van der Waals surface area contributed by atoms with Gasteiger partial charge in [-0.05, 0) is 43.5 Å². The van der Waals surface area contributed by atoms with Crippen LogP contribution in [-0.2, 0) is 25.2 Å². The molecule has 0 aliphatic heterocycles. The van der Waals surface area contributed by atoms with Crippen LogP contribution < -0.4 is 0 Å². The van der Waals surface area contributed by atoms with Crippen molar-refractivity contribution < 1.29 is 18.6 Å². The van der Waals surface area contributed by atoms with E-state index in [1.54, 1.807) is 7.11 Å².